The Hall–Kier alpha value is -2.94. The van der Waals surface area contributed by atoms with Gasteiger partial charge in [0.15, 0.2) is 11.5 Å². The topological polar surface area (TPSA) is 84.9 Å². The van der Waals surface area contributed by atoms with Gasteiger partial charge in [-0.2, -0.15) is 0 Å². The minimum atomic E-state index is -4.07. The maximum Gasteiger partial charge on any atom is 0.264 e. The number of rotatable bonds is 10. The van der Waals surface area contributed by atoms with Gasteiger partial charge < -0.3 is 14.8 Å². The average Bonchev–Trinajstić information content (AvgIpc) is 2.82. The van der Waals surface area contributed by atoms with Crippen molar-refractivity contribution in [3.05, 3.63) is 81.8 Å². The Bertz CT molecular complexity index is 1280. The number of nitrogens with one attached hydrogen (secondary N) is 1. The molecule has 0 aliphatic rings. The molecule has 3 aromatic rings. The van der Waals surface area contributed by atoms with E-state index in [9.17, 15) is 13.2 Å². The number of carbonyl (C=O) groups is 1. The molecule has 0 aliphatic heterocycles. The predicted molar refractivity (Wildman–Crippen MR) is 138 cm³/mol. The number of hydrogen-bond donors (Lipinski definition) is 1. The minimum absolute atomic E-state index is 0.0531. The molecule has 1 N–H and O–H groups in total. The third-order valence-corrected chi connectivity index (χ3v) is 7.44. The van der Waals surface area contributed by atoms with Crippen molar-refractivity contribution in [3.8, 4) is 11.5 Å². The predicted octanol–water partition coefficient (Wildman–Crippen LogP) is 4.87. The van der Waals surface area contributed by atoms with E-state index in [0.29, 0.717) is 24.5 Å². The van der Waals surface area contributed by atoms with Gasteiger partial charge in [-0.25, -0.2) is 8.42 Å². The van der Waals surface area contributed by atoms with Gasteiger partial charge in [0.05, 0.1) is 24.8 Å². The molecule has 10 heteroatoms. The van der Waals surface area contributed by atoms with Gasteiger partial charge in [-0.05, 0) is 61.4 Å². The molecule has 0 spiro atoms. The second kappa shape index (κ2) is 11.7. The Morgan fingerprint density at radius 3 is 2.14 bits per heavy atom. The monoisotopic (exact) mass is 536 g/mol. The molecule has 0 bridgehead atoms. The van der Waals surface area contributed by atoms with Crippen molar-refractivity contribution < 1.29 is 22.7 Å². The number of ether oxygens (including phenoxy) is 2. The molecule has 0 unspecified atom stereocenters. The quantitative estimate of drug-likeness (QED) is 0.399. The zero-order chi connectivity index (χ0) is 25.6. The minimum Gasteiger partial charge on any atom is -0.493 e. The van der Waals surface area contributed by atoms with E-state index in [1.165, 1.54) is 30.3 Å². The lowest BCUT2D eigenvalue weighted by atomic mass is 10.1. The largest absolute Gasteiger partial charge is 0.493 e. The highest BCUT2D eigenvalue weighted by Crippen LogP contribution is 2.30. The summed E-state index contributed by atoms with van der Waals surface area (Å²) in [5.74, 6) is 0.721. The van der Waals surface area contributed by atoms with Gasteiger partial charge in [-0.15, -0.1) is 0 Å². The van der Waals surface area contributed by atoms with E-state index in [4.69, 9.17) is 32.7 Å². The number of aryl methyl sites for hydroxylation is 1. The molecule has 0 atom stereocenters. The first kappa shape index (κ1) is 26.7. The molecule has 0 fully saturated rings. The van der Waals surface area contributed by atoms with Crippen LogP contribution in [0.2, 0.25) is 10.0 Å². The number of carbonyl (C=O) groups excluding carboxylic acids is 1. The van der Waals surface area contributed by atoms with E-state index in [1.54, 1.807) is 32.4 Å². The standard InChI is InChI=1S/C25H26Cl2N2O5S/c1-17-4-7-22(8-5-17)35(31,32)29(21-14-19(26)13-20(27)15-21)16-25(30)28-11-10-18-6-9-23(33-2)24(12-18)34-3/h4-9,12-15H,10-11,16H2,1-3H3,(H,28,30). The molecule has 186 valence electrons. The van der Waals surface area contributed by atoms with E-state index in [-0.39, 0.29) is 20.6 Å². The van der Waals surface area contributed by atoms with Crippen molar-refractivity contribution in [1.82, 2.24) is 5.32 Å². The van der Waals surface area contributed by atoms with Gasteiger partial charge in [0.1, 0.15) is 6.54 Å². The van der Waals surface area contributed by atoms with Crippen LogP contribution in [0, 0.1) is 6.92 Å². The summed E-state index contributed by atoms with van der Waals surface area (Å²) in [5.41, 5.74) is 2.03. The van der Waals surface area contributed by atoms with Gasteiger partial charge in [-0.3, -0.25) is 9.10 Å². The van der Waals surface area contributed by atoms with Crippen LogP contribution in [-0.2, 0) is 21.2 Å². The number of hydrogen-bond acceptors (Lipinski definition) is 5. The van der Waals surface area contributed by atoms with Crippen LogP contribution in [0.5, 0.6) is 11.5 Å². The smallest absolute Gasteiger partial charge is 0.264 e. The number of amides is 1. The van der Waals surface area contributed by atoms with Gasteiger partial charge in [0.25, 0.3) is 10.0 Å². The third-order valence-electron chi connectivity index (χ3n) is 5.22. The summed E-state index contributed by atoms with van der Waals surface area (Å²) >= 11 is 12.2. The SMILES string of the molecule is COc1ccc(CCNC(=O)CN(c2cc(Cl)cc(Cl)c2)S(=O)(=O)c2ccc(C)cc2)cc1OC. The van der Waals surface area contributed by atoms with Crippen molar-refractivity contribution in [1.29, 1.82) is 0 Å². The van der Waals surface area contributed by atoms with E-state index in [1.807, 2.05) is 19.1 Å². The number of methoxy groups -OCH3 is 2. The summed E-state index contributed by atoms with van der Waals surface area (Å²) < 4.78 is 38.5. The van der Waals surface area contributed by atoms with Crippen LogP contribution < -0.4 is 19.1 Å². The molecule has 35 heavy (non-hydrogen) atoms. The number of halogens is 2. The van der Waals surface area contributed by atoms with Crippen molar-refractivity contribution in [2.45, 2.75) is 18.2 Å². The summed E-state index contributed by atoms with van der Waals surface area (Å²) in [6, 6.07) is 16.3. The third kappa shape index (κ3) is 6.81. The van der Waals surface area contributed by atoms with Gasteiger partial charge in [-0.1, -0.05) is 47.0 Å². The van der Waals surface area contributed by atoms with Crippen LogP contribution >= 0.6 is 23.2 Å². The number of benzene rings is 3. The Morgan fingerprint density at radius 1 is 0.914 bits per heavy atom. The Balaban J connectivity index is 1.78. The van der Waals surface area contributed by atoms with Gasteiger partial charge in [0.2, 0.25) is 5.91 Å². The lowest BCUT2D eigenvalue weighted by Crippen LogP contribution is -2.41. The molecule has 3 aromatic carbocycles. The van der Waals surface area contributed by atoms with Crippen molar-refractivity contribution >= 4 is 44.8 Å². The highest BCUT2D eigenvalue weighted by Gasteiger charge is 2.27. The maximum atomic E-state index is 13.5. The Labute approximate surface area is 215 Å². The zero-order valence-electron chi connectivity index (χ0n) is 19.5. The van der Waals surface area contributed by atoms with Crippen molar-refractivity contribution in [2.24, 2.45) is 0 Å². The summed E-state index contributed by atoms with van der Waals surface area (Å²) in [5, 5.41) is 3.29. The molecular formula is C25H26Cl2N2O5S. The first-order chi connectivity index (χ1) is 16.6. The Morgan fingerprint density at radius 2 is 1.54 bits per heavy atom. The lowest BCUT2D eigenvalue weighted by Gasteiger charge is -2.24. The molecule has 0 radical (unpaired) electrons. The molecule has 3 rings (SSSR count). The van der Waals surface area contributed by atoms with E-state index < -0.39 is 22.5 Å². The van der Waals surface area contributed by atoms with Crippen LogP contribution in [0.3, 0.4) is 0 Å². The van der Waals surface area contributed by atoms with E-state index in [0.717, 1.165) is 15.4 Å². The summed E-state index contributed by atoms with van der Waals surface area (Å²) in [6.07, 6.45) is 0.514. The highest BCUT2D eigenvalue weighted by molar-refractivity contribution is 7.92. The summed E-state index contributed by atoms with van der Waals surface area (Å²) in [6.45, 7) is 1.71. The average molecular weight is 537 g/mol. The van der Waals surface area contributed by atoms with Crippen LogP contribution in [-0.4, -0.2) is 41.6 Å². The van der Waals surface area contributed by atoms with Crippen LogP contribution in [0.1, 0.15) is 11.1 Å². The normalized spacial score (nSPS) is 11.1. The van der Waals surface area contributed by atoms with Gasteiger partial charge >= 0.3 is 0 Å². The molecule has 7 nitrogen and oxygen atoms in total. The molecule has 1 amide bonds. The Kier molecular flexibility index (Phi) is 8.88. The van der Waals surface area contributed by atoms with E-state index in [2.05, 4.69) is 5.32 Å². The van der Waals surface area contributed by atoms with Crippen LogP contribution in [0.15, 0.2) is 65.6 Å². The zero-order valence-corrected chi connectivity index (χ0v) is 21.9. The van der Waals surface area contributed by atoms with Crippen molar-refractivity contribution in [2.75, 3.05) is 31.6 Å². The second-order valence-electron chi connectivity index (χ2n) is 7.74. The van der Waals surface area contributed by atoms with E-state index >= 15 is 0 Å². The maximum absolute atomic E-state index is 13.5. The second-order valence-corrected chi connectivity index (χ2v) is 10.5. The van der Waals surface area contributed by atoms with Crippen molar-refractivity contribution in [3.63, 3.8) is 0 Å². The summed E-state index contributed by atoms with van der Waals surface area (Å²) in [4.78, 5) is 12.9. The number of anilines is 1. The summed E-state index contributed by atoms with van der Waals surface area (Å²) in [7, 11) is -0.962. The molecule has 0 saturated carbocycles. The van der Waals surface area contributed by atoms with Crippen LogP contribution in [0.4, 0.5) is 5.69 Å². The van der Waals surface area contributed by atoms with Gasteiger partial charge in [0, 0.05) is 16.6 Å². The fourth-order valence-corrected chi connectivity index (χ4v) is 5.32. The molecule has 0 aliphatic carbocycles. The highest BCUT2D eigenvalue weighted by atomic mass is 35.5. The fraction of sp³-hybridized carbons (Fsp3) is 0.240. The first-order valence-corrected chi connectivity index (χ1v) is 12.9. The molecule has 0 saturated heterocycles. The van der Waals surface area contributed by atoms with Crippen LogP contribution in [0.25, 0.3) is 0 Å². The first-order valence-electron chi connectivity index (χ1n) is 10.7. The number of sulfonamides is 1. The number of nitrogens with zero attached hydrogens (tertiary/aromatic N) is 1. The molecule has 0 aromatic heterocycles. The fourth-order valence-electron chi connectivity index (χ4n) is 3.40. The lowest BCUT2D eigenvalue weighted by molar-refractivity contribution is -0.119. The molecular weight excluding hydrogens is 511 g/mol. The molecule has 0 heterocycles.